The first-order chi connectivity index (χ1) is 25.8. The molecule has 3 heteroatoms. The summed E-state index contributed by atoms with van der Waals surface area (Å²) in [7, 11) is 0. The number of hydrogen-bond acceptors (Lipinski definition) is 2. The van der Waals surface area contributed by atoms with Crippen LogP contribution in [0.3, 0.4) is 0 Å². The largest absolute Gasteiger partial charge is 0.308 e. The Balaban J connectivity index is 1.12. The molecule has 0 bridgehead atoms. The highest BCUT2D eigenvalue weighted by Crippen LogP contribution is 2.48. The summed E-state index contributed by atoms with van der Waals surface area (Å²) in [6.45, 7) is 0. The Hall–Kier alpha value is -6.55. The van der Waals surface area contributed by atoms with Crippen molar-refractivity contribution in [2.45, 2.75) is 0 Å². The lowest BCUT2D eigenvalue weighted by molar-refractivity contribution is 1.37. The van der Waals surface area contributed by atoms with Crippen LogP contribution in [0.5, 0.6) is 0 Å². The molecule has 12 aromatic rings. The van der Waals surface area contributed by atoms with Gasteiger partial charge in [-0.2, -0.15) is 0 Å². The lowest BCUT2D eigenvalue weighted by Crippen LogP contribution is -1.92. The number of para-hydroxylation sites is 3. The maximum absolute atomic E-state index is 5.31. The van der Waals surface area contributed by atoms with E-state index in [9.17, 15) is 0 Å². The van der Waals surface area contributed by atoms with E-state index in [4.69, 9.17) is 4.98 Å². The van der Waals surface area contributed by atoms with E-state index in [-0.39, 0.29) is 0 Å². The third-order valence-electron chi connectivity index (χ3n) is 11.1. The highest BCUT2D eigenvalue weighted by Gasteiger charge is 2.21. The molecule has 0 unspecified atom stereocenters. The van der Waals surface area contributed by atoms with E-state index in [1.54, 1.807) is 0 Å². The minimum atomic E-state index is 1.02. The molecular formula is C49H28N2S. The number of benzene rings is 8. The van der Waals surface area contributed by atoms with E-state index in [0.717, 1.165) is 16.8 Å². The standard InChI is InChI=1S/C49H28N2S/c1-2-12-31(13-3-1)47-40-28-37(49-46(36-17-7-11-21-44(36)52-49)45(40)35-16-4-8-18-41(35)50-47)30-24-22-29(23-25-30)32-26-38-33-14-5-9-19-42(33)51-43-20-10-6-15-34(43)39(27-32)48(38)51/h1-28H. The Kier molecular flexibility index (Phi) is 5.68. The van der Waals surface area contributed by atoms with Gasteiger partial charge in [0.05, 0.1) is 27.8 Å². The molecule has 12 rings (SSSR count). The van der Waals surface area contributed by atoms with Crippen LogP contribution in [0.25, 0.3) is 113 Å². The van der Waals surface area contributed by atoms with Gasteiger partial charge < -0.3 is 4.40 Å². The van der Waals surface area contributed by atoms with Crippen LogP contribution in [0.2, 0.25) is 0 Å². The van der Waals surface area contributed by atoms with Gasteiger partial charge >= 0.3 is 0 Å². The third-order valence-corrected chi connectivity index (χ3v) is 12.3. The van der Waals surface area contributed by atoms with Crippen LogP contribution in [0.1, 0.15) is 0 Å². The third kappa shape index (κ3) is 3.80. The second-order valence-electron chi connectivity index (χ2n) is 13.9. The molecular weight excluding hydrogens is 649 g/mol. The minimum absolute atomic E-state index is 1.02. The van der Waals surface area contributed by atoms with E-state index < -0.39 is 0 Å². The SMILES string of the molecule is c1ccc(-c2nc3ccccc3c3c2cc(-c2ccc(-c4cc5c6ccccc6n6c7ccccc7c(c4)c56)cc2)c2sc4ccccc4c23)cc1. The highest BCUT2D eigenvalue weighted by atomic mass is 32.1. The monoisotopic (exact) mass is 676 g/mol. The van der Waals surface area contributed by atoms with Gasteiger partial charge in [-0.1, -0.05) is 127 Å². The molecule has 0 atom stereocenters. The Morgan fingerprint density at radius 1 is 0.404 bits per heavy atom. The van der Waals surface area contributed by atoms with E-state index >= 15 is 0 Å². The summed E-state index contributed by atoms with van der Waals surface area (Å²) in [5, 5.41) is 11.5. The highest BCUT2D eigenvalue weighted by molar-refractivity contribution is 7.26. The van der Waals surface area contributed by atoms with Crippen molar-refractivity contribution in [2.75, 3.05) is 0 Å². The van der Waals surface area contributed by atoms with Gasteiger partial charge in [0.25, 0.3) is 0 Å². The molecule has 0 aliphatic carbocycles. The first kappa shape index (κ1) is 28.2. The first-order valence-corrected chi connectivity index (χ1v) is 18.6. The molecule has 4 heterocycles. The van der Waals surface area contributed by atoms with Crippen molar-refractivity contribution in [3.63, 3.8) is 0 Å². The molecule has 0 radical (unpaired) electrons. The van der Waals surface area contributed by atoms with E-state index in [2.05, 4.69) is 174 Å². The molecule has 0 saturated carbocycles. The number of fused-ring (bicyclic) bond motifs is 13. The topological polar surface area (TPSA) is 17.3 Å². The molecule has 0 fully saturated rings. The molecule has 2 nitrogen and oxygen atoms in total. The van der Waals surface area contributed by atoms with Gasteiger partial charge in [0.15, 0.2) is 0 Å². The van der Waals surface area contributed by atoms with E-state index in [1.807, 2.05) is 11.3 Å². The smallest absolute Gasteiger partial charge is 0.0788 e. The number of aromatic nitrogens is 2. The fraction of sp³-hybridized carbons (Fsp3) is 0. The predicted molar refractivity (Wildman–Crippen MR) is 223 cm³/mol. The molecule has 0 amide bonds. The number of nitrogens with zero attached hydrogens (tertiary/aromatic N) is 2. The van der Waals surface area contributed by atoms with Crippen molar-refractivity contribution < 1.29 is 0 Å². The Morgan fingerprint density at radius 3 is 1.73 bits per heavy atom. The zero-order chi connectivity index (χ0) is 33.9. The molecule has 52 heavy (non-hydrogen) atoms. The van der Waals surface area contributed by atoms with Crippen LogP contribution in [0.15, 0.2) is 170 Å². The summed E-state index contributed by atoms with van der Waals surface area (Å²) in [5.41, 5.74) is 11.9. The van der Waals surface area contributed by atoms with E-state index in [1.165, 1.54) is 96.7 Å². The van der Waals surface area contributed by atoms with Gasteiger partial charge in [-0.05, 0) is 59.2 Å². The van der Waals surface area contributed by atoms with Crippen LogP contribution >= 0.6 is 11.3 Å². The van der Waals surface area contributed by atoms with Crippen molar-refractivity contribution in [1.82, 2.24) is 9.38 Å². The maximum atomic E-state index is 5.31. The number of hydrogen-bond donors (Lipinski definition) is 0. The van der Waals surface area contributed by atoms with Crippen LogP contribution in [0.4, 0.5) is 0 Å². The van der Waals surface area contributed by atoms with Gasteiger partial charge in [0.1, 0.15) is 0 Å². The zero-order valence-corrected chi connectivity index (χ0v) is 28.8. The van der Waals surface area contributed by atoms with Gasteiger partial charge in [0, 0.05) is 69.0 Å². The summed E-state index contributed by atoms with van der Waals surface area (Å²) in [6, 6.07) is 62.2. The molecule has 0 N–H and O–H groups in total. The van der Waals surface area contributed by atoms with Gasteiger partial charge in [0.2, 0.25) is 0 Å². The molecule has 240 valence electrons. The Bertz CT molecular complexity index is 3300. The summed E-state index contributed by atoms with van der Waals surface area (Å²) in [6.07, 6.45) is 0. The Morgan fingerprint density at radius 2 is 1.00 bits per heavy atom. The maximum Gasteiger partial charge on any atom is 0.0788 e. The van der Waals surface area contributed by atoms with Gasteiger partial charge in [-0.15, -0.1) is 11.3 Å². The quantitative estimate of drug-likeness (QED) is 0.170. The number of rotatable bonds is 3. The summed E-state index contributed by atoms with van der Waals surface area (Å²) in [4.78, 5) is 5.31. The summed E-state index contributed by atoms with van der Waals surface area (Å²) in [5.74, 6) is 0. The van der Waals surface area contributed by atoms with Crippen molar-refractivity contribution in [2.24, 2.45) is 0 Å². The minimum Gasteiger partial charge on any atom is -0.308 e. The van der Waals surface area contributed by atoms with E-state index in [0.29, 0.717) is 0 Å². The predicted octanol–water partition coefficient (Wildman–Crippen LogP) is 13.9. The molecule has 0 saturated heterocycles. The second-order valence-corrected chi connectivity index (χ2v) is 14.9. The molecule has 0 spiro atoms. The molecule has 0 aliphatic heterocycles. The Labute approximate surface area is 302 Å². The average molecular weight is 677 g/mol. The normalized spacial score (nSPS) is 12.2. The van der Waals surface area contributed by atoms with Crippen LogP contribution < -0.4 is 0 Å². The number of thiophene rings is 1. The first-order valence-electron chi connectivity index (χ1n) is 17.8. The number of pyridine rings is 1. The van der Waals surface area contributed by atoms with Crippen molar-refractivity contribution in [1.29, 1.82) is 0 Å². The van der Waals surface area contributed by atoms with Gasteiger partial charge in [-0.3, -0.25) is 0 Å². The fourth-order valence-corrected chi connectivity index (χ4v) is 10.1. The fourth-order valence-electron chi connectivity index (χ4n) is 8.82. The van der Waals surface area contributed by atoms with Crippen molar-refractivity contribution in [3.05, 3.63) is 170 Å². The molecule has 4 aromatic heterocycles. The van der Waals surface area contributed by atoms with Gasteiger partial charge in [-0.25, -0.2) is 4.98 Å². The van der Waals surface area contributed by atoms with Crippen molar-refractivity contribution in [3.8, 4) is 33.5 Å². The molecule has 0 aliphatic rings. The van der Waals surface area contributed by atoms with Crippen molar-refractivity contribution >= 4 is 91.3 Å². The van der Waals surface area contributed by atoms with Crippen LogP contribution in [0, 0.1) is 0 Å². The lowest BCUT2D eigenvalue weighted by atomic mass is 9.91. The summed E-state index contributed by atoms with van der Waals surface area (Å²) < 4.78 is 5.06. The summed E-state index contributed by atoms with van der Waals surface area (Å²) >= 11 is 1.89. The zero-order valence-electron chi connectivity index (χ0n) is 28.0. The second kappa shape index (κ2) is 10.5. The van der Waals surface area contributed by atoms with Crippen LogP contribution in [-0.4, -0.2) is 9.38 Å². The molecule has 8 aromatic carbocycles. The average Bonchev–Trinajstić information content (AvgIpc) is 3.88. The van der Waals surface area contributed by atoms with Crippen LogP contribution in [-0.2, 0) is 0 Å². The lowest BCUT2D eigenvalue weighted by Gasteiger charge is -2.15.